The molecule has 0 unspecified atom stereocenters. The Balaban J connectivity index is 1.46. The van der Waals surface area contributed by atoms with Crippen LogP contribution in [0.5, 0.6) is 5.75 Å². The first-order valence-electron chi connectivity index (χ1n) is 7.36. The summed E-state index contributed by atoms with van der Waals surface area (Å²) in [6.45, 7) is 5.69. The van der Waals surface area contributed by atoms with E-state index in [0.29, 0.717) is 19.8 Å². The van der Waals surface area contributed by atoms with Crippen LogP contribution in [0.15, 0.2) is 54.6 Å². The SMILES string of the molecule is Cc1ccc(OCCOCCNCc2ccccc2)cc1. The lowest BCUT2D eigenvalue weighted by Gasteiger charge is -2.08. The van der Waals surface area contributed by atoms with Crippen molar-refractivity contribution in [3.63, 3.8) is 0 Å². The Morgan fingerprint density at radius 3 is 2.38 bits per heavy atom. The molecule has 0 atom stereocenters. The van der Waals surface area contributed by atoms with Crippen LogP contribution in [-0.4, -0.2) is 26.4 Å². The molecule has 0 radical (unpaired) electrons. The highest BCUT2D eigenvalue weighted by Gasteiger charge is 1.94. The number of ether oxygens (including phenoxy) is 2. The molecule has 21 heavy (non-hydrogen) atoms. The van der Waals surface area contributed by atoms with Crippen molar-refractivity contribution in [1.82, 2.24) is 5.32 Å². The Morgan fingerprint density at radius 1 is 0.857 bits per heavy atom. The number of aryl methyl sites for hydroxylation is 1. The zero-order valence-electron chi connectivity index (χ0n) is 12.5. The maximum Gasteiger partial charge on any atom is 0.119 e. The molecule has 112 valence electrons. The zero-order chi connectivity index (χ0) is 14.8. The number of benzene rings is 2. The summed E-state index contributed by atoms with van der Waals surface area (Å²) in [7, 11) is 0. The Bertz CT molecular complexity index is 496. The summed E-state index contributed by atoms with van der Waals surface area (Å²) in [5, 5.41) is 3.35. The van der Waals surface area contributed by atoms with Crippen molar-refractivity contribution in [3.8, 4) is 5.75 Å². The predicted molar refractivity (Wildman–Crippen MR) is 85.6 cm³/mol. The van der Waals surface area contributed by atoms with Crippen molar-refractivity contribution in [2.45, 2.75) is 13.5 Å². The molecule has 0 aromatic heterocycles. The third-order valence-corrected chi connectivity index (χ3v) is 3.11. The highest BCUT2D eigenvalue weighted by atomic mass is 16.5. The molecule has 0 bridgehead atoms. The summed E-state index contributed by atoms with van der Waals surface area (Å²) < 4.78 is 11.1. The van der Waals surface area contributed by atoms with Crippen LogP contribution in [0.2, 0.25) is 0 Å². The third-order valence-electron chi connectivity index (χ3n) is 3.11. The lowest BCUT2D eigenvalue weighted by molar-refractivity contribution is 0.102. The molecule has 2 rings (SSSR count). The van der Waals surface area contributed by atoms with Gasteiger partial charge in [-0.25, -0.2) is 0 Å². The van der Waals surface area contributed by atoms with E-state index in [1.54, 1.807) is 0 Å². The number of nitrogens with one attached hydrogen (secondary N) is 1. The molecule has 0 amide bonds. The summed E-state index contributed by atoms with van der Waals surface area (Å²) in [5.41, 5.74) is 2.53. The van der Waals surface area contributed by atoms with Crippen molar-refractivity contribution < 1.29 is 9.47 Å². The summed E-state index contributed by atoms with van der Waals surface area (Å²) in [6, 6.07) is 18.4. The molecule has 0 heterocycles. The molecule has 0 spiro atoms. The van der Waals surface area contributed by atoms with E-state index in [1.165, 1.54) is 11.1 Å². The van der Waals surface area contributed by atoms with E-state index in [4.69, 9.17) is 9.47 Å². The minimum Gasteiger partial charge on any atom is -0.491 e. The standard InChI is InChI=1S/C18H23NO2/c1-16-7-9-18(10-8-16)21-14-13-20-12-11-19-15-17-5-3-2-4-6-17/h2-10,19H,11-15H2,1H3. The van der Waals surface area contributed by atoms with Crippen molar-refractivity contribution >= 4 is 0 Å². The van der Waals surface area contributed by atoms with Crippen LogP contribution in [0.1, 0.15) is 11.1 Å². The monoisotopic (exact) mass is 285 g/mol. The first-order valence-corrected chi connectivity index (χ1v) is 7.36. The quantitative estimate of drug-likeness (QED) is 0.718. The number of hydrogen-bond acceptors (Lipinski definition) is 3. The van der Waals surface area contributed by atoms with Crippen LogP contribution < -0.4 is 10.1 Å². The molecule has 0 aliphatic carbocycles. The van der Waals surface area contributed by atoms with Crippen LogP contribution in [0.4, 0.5) is 0 Å². The number of rotatable bonds is 9. The maximum absolute atomic E-state index is 5.59. The lowest BCUT2D eigenvalue weighted by atomic mass is 10.2. The zero-order valence-corrected chi connectivity index (χ0v) is 12.5. The van der Waals surface area contributed by atoms with Crippen molar-refractivity contribution in [3.05, 3.63) is 65.7 Å². The van der Waals surface area contributed by atoms with E-state index < -0.39 is 0 Å². The molecule has 0 aliphatic heterocycles. The highest BCUT2D eigenvalue weighted by Crippen LogP contribution is 2.10. The lowest BCUT2D eigenvalue weighted by Crippen LogP contribution is -2.20. The van der Waals surface area contributed by atoms with Crippen molar-refractivity contribution in [2.24, 2.45) is 0 Å². The Hall–Kier alpha value is -1.84. The van der Waals surface area contributed by atoms with Gasteiger partial charge in [-0.2, -0.15) is 0 Å². The van der Waals surface area contributed by atoms with Gasteiger partial charge in [-0.05, 0) is 24.6 Å². The average Bonchev–Trinajstić information content (AvgIpc) is 2.53. The van der Waals surface area contributed by atoms with Crippen LogP contribution in [0.25, 0.3) is 0 Å². The third kappa shape index (κ3) is 6.43. The van der Waals surface area contributed by atoms with Gasteiger partial charge in [-0.1, -0.05) is 48.0 Å². The predicted octanol–water partition coefficient (Wildman–Crippen LogP) is 3.18. The molecule has 0 fully saturated rings. The molecular formula is C18H23NO2. The van der Waals surface area contributed by atoms with Gasteiger partial charge in [0, 0.05) is 13.1 Å². The topological polar surface area (TPSA) is 30.5 Å². The summed E-state index contributed by atoms with van der Waals surface area (Å²) >= 11 is 0. The Labute approximate surface area is 126 Å². The largest absolute Gasteiger partial charge is 0.491 e. The van der Waals surface area contributed by atoms with Gasteiger partial charge in [-0.3, -0.25) is 0 Å². The fourth-order valence-corrected chi connectivity index (χ4v) is 1.93. The molecule has 0 aliphatic rings. The second-order valence-corrected chi connectivity index (χ2v) is 4.94. The Morgan fingerprint density at radius 2 is 1.62 bits per heavy atom. The molecule has 0 saturated heterocycles. The van der Waals surface area contributed by atoms with Gasteiger partial charge in [0.25, 0.3) is 0 Å². The van der Waals surface area contributed by atoms with Gasteiger partial charge in [0.1, 0.15) is 12.4 Å². The minimum atomic E-state index is 0.585. The van der Waals surface area contributed by atoms with E-state index in [2.05, 4.69) is 36.5 Å². The van der Waals surface area contributed by atoms with E-state index in [9.17, 15) is 0 Å². The summed E-state index contributed by atoms with van der Waals surface area (Å²) in [6.07, 6.45) is 0. The smallest absolute Gasteiger partial charge is 0.119 e. The van der Waals surface area contributed by atoms with Gasteiger partial charge >= 0.3 is 0 Å². The normalized spacial score (nSPS) is 10.5. The van der Waals surface area contributed by atoms with Crippen molar-refractivity contribution in [2.75, 3.05) is 26.4 Å². The van der Waals surface area contributed by atoms with Gasteiger partial charge in [-0.15, -0.1) is 0 Å². The molecule has 3 nitrogen and oxygen atoms in total. The Kier molecular flexibility index (Phi) is 6.78. The van der Waals surface area contributed by atoms with Crippen molar-refractivity contribution in [1.29, 1.82) is 0 Å². The average molecular weight is 285 g/mol. The van der Waals surface area contributed by atoms with Gasteiger partial charge in [0.05, 0.1) is 13.2 Å². The maximum atomic E-state index is 5.59. The molecule has 2 aromatic rings. The second-order valence-electron chi connectivity index (χ2n) is 4.94. The minimum absolute atomic E-state index is 0.585. The van der Waals surface area contributed by atoms with Crippen LogP contribution in [0.3, 0.4) is 0 Å². The number of hydrogen-bond donors (Lipinski definition) is 1. The van der Waals surface area contributed by atoms with E-state index >= 15 is 0 Å². The van der Waals surface area contributed by atoms with Crippen LogP contribution in [-0.2, 0) is 11.3 Å². The first kappa shape index (κ1) is 15.5. The molecule has 0 saturated carbocycles. The van der Waals surface area contributed by atoms with Crippen LogP contribution in [0, 0.1) is 6.92 Å². The van der Waals surface area contributed by atoms with Crippen LogP contribution >= 0.6 is 0 Å². The molecule has 1 N–H and O–H groups in total. The van der Waals surface area contributed by atoms with E-state index in [-0.39, 0.29) is 0 Å². The molecule has 3 heteroatoms. The van der Waals surface area contributed by atoms with Gasteiger partial charge in [0.2, 0.25) is 0 Å². The highest BCUT2D eigenvalue weighted by molar-refractivity contribution is 5.26. The molecular weight excluding hydrogens is 262 g/mol. The molecule has 2 aromatic carbocycles. The first-order chi connectivity index (χ1) is 10.3. The summed E-state index contributed by atoms with van der Waals surface area (Å²) in [5.74, 6) is 0.895. The fourth-order valence-electron chi connectivity index (χ4n) is 1.93. The summed E-state index contributed by atoms with van der Waals surface area (Å²) in [4.78, 5) is 0. The van der Waals surface area contributed by atoms with E-state index in [1.807, 2.05) is 30.3 Å². The second kappa shape index (κ2) is 9.16. The van der Waals surface area contributed by atoms with Gasteiger partial charge < -0.3 is 14.8 Å². The fraction of sp³-hybridized carbons (Fsp3) is 0.333. The van der Waals surface area contributed by atoms with Gasteiger partial charge in [0.15, 0.2) is 0 Å². The van der Waals surface area contributed by atoms with E-state index in [0.717, 1.165) is 18.8 Å².